The standard InChI is InChI=1S/C19H33N2O6P/c1-5-12(4)28(26)27-19(6-2,7-3)11-13-10-14(17(24)16(13)23)21-9-8-15(22)20-18(21)25/h8-9,12-14,16-17,23-24,28H,5-7,10-11H2,1-4H3,(H,20,22,25)/t12?,13-,14+,16-,17+/m1/s1. The van der Waals surface area contributed by atoms with Crippen molar-refractivity contribution in [2.75, 3.05) is 0 Å². The van der Waals surface area contributed by atoms with E-state index in [9.17, 15) is 24.4 Å². The lowest BCUT2D eigenvalue weighted by atomic mass is 9.84. The van der Waals surface area contributed by atoms with Crippen molar-refractivity contribution >= 4 is 8.03 Å². The number of aromatic amines is 1. The Labute approximate surface area is 165 Å². The van der Waals surface area contributed by atoms with E-state index in [4.69, 9.17) is 4.52 Å². The SMILES string of the molecule is CCC(C)[PH](=O)OC(CC)(CC)C[C@H]1C[C@H](n2ccc(=O)[nH]c2=O)[C@H](O)[C@@H]1O. The number of aliphatic hydroxyl groups is 2. The van der Waals surface area contributed by atoms with Gasteiger partial charge in [-0.1, -0.05) is 27.7 Å². The summed E-state index contributed by atoms with van der Waals surface area (Å²) < 4.78 is 19.9. The average Bonchev–Trinajstić information content (AvgIpc) is 2.94. The molecule has 160 valence electrons. The predicted octanol–water partition coefficient (Wildman–Crippen LogP) is 2.06. The highest BCUT2D eigenvalue weighted by atomic mass is 31.1. The molecule has 1 aromatic heterocycles. The van der Waals surface area contributed by atoms with Gasteiger partial charge in [-0.15, -0.1) is 0 Å². The maximum atomic E-state index is 12.6. The summed E-state index contributed by atoms with van der Waals surface area (Å²) in [4.78, 5) is 25.6. The number of aliphatic hydroxyl groups excluding tert-OH is 2. The van der Waals surface area contributed by atoms with E-state index < -0.39 is 43.1 Å². The van der Waals surface area contributed by atoms with Crippen molar-refractivity contribution in [1.29, 1.82) is 0 Å². The minimum Gasteiger partial charge on any atom is -0.390 e. The molecule has 1 aromatic rings. The van der Waals surface area contributed by atoms with Crippen LogP contribution in [0.3, 0.4) is 0 Å². The van der Waals surface area contributed by atoms with Crippen LogP contribution in [0.5, 0.6) is 0 Å². The van der Waals surface area contributed by atoms with Gasteiger partial charge < -0.3 is 14.7 Å². The minimum absolute atomic E-state index is 0.0194. The summed E-state index contributed by atoms with van der Waals surface area (Å²) in [6.07, 6.45) is 2.03. The number of nitrogens with one attached hydrogen (secondary N) is 1. The van der Waals surface area contributed by atoms with E-state index in [1.807, 2.05) is 27.7 Å². The highest BCUT2D eigenvalue weighted by molar-refractivity contribution is 7.40. The Balaban J connectivity index is 2.22. The van der Waals surface area contributed by atoms with Gasteiger partial charge in [-0.2, -0.15) is 0 Å². The normalized spacial score (nSPS) is 27.6. The van der Waals surface area contributed by atoms with Crippen molar-refractivity contribution in [2.45, 2.75) is 89.3 Å². The fourth-order valence-corrected chi connectivity index (χ4v) is 5.28. The van der Waals surface area contributed by atoms with Gasteiger partial charge in [-0.05, 0) is 38.0 Å². The molecule has 0 spiro atoms. The first kappa shape index (κ1) is 23.1. The van der Waals surface area contributed by atoms with E-state index in [2.05, 4.69) is 4.98 Å². The van der Waals surface area contributed by atoms with Crippen LogP contribution in [0.1, 0.15) is 65.8 Å². The number of rotatable bonds is 9. The fourth-order valence-electron chi connectivity index (χ4n) is 3.95. The summed E-state index contributed by atoms with van der Waals surface area (Å²) in [7, 11) is -2.24. The van der Waals surface area contributed by atoms with Gasteiger partial charge in [0.05, 0.1) is 17.7 Å². The molecule has 0 radical (unpaired) electrons. The lowest BCUT2D eigenvalue weighted by Gasteiger charge is -2.35. The number of nitrogens with zero attached hydrogens (tertiary/aromatic N) is 1. The topological polar surface area (TPSA) is 122 Å². The Morgan fingerprint density at radius 1 is 1.29 bits per heavy atom. The van der Waals surface area contributed by atoms with Gasteiger partial charge >= 0.3 is 5.69 Å². The zero-order valence-corrected chi connectivity index (χ0v) is 18.1. The first-order valence-electron chi connectivity index (χ1n) is 10.1. The average molecular weight is 416 g/mol. The zero-order chi connectivity index (χ0) is 21.1. The summed E-state index contributed by atoms with van der Waals surface area (Å²) in [6, 6.07) is 0.583. The molecule has 0 bridgehead atoms. The highest BCUT2D eigenvalue weighted by Gasteiger charge is 2.46. The molecule has 2 unspecified atom stereocenters. The molecule has 0 aliphatic heterocycles. The second-order valence-corrected chi connectivity index (χ2v) is 9.71. The largest absolute Gasteiger partial charge is 0.390 e. The molecule has 6 atom stereocenters. The molecule has 0 saturated heterocycles. The van der Waals surface area contributed by atoms with Crippen molar-refractivity contribution < 1.29 is 19.3 Å². The maximum Gasteiger partial charge on any atom is 0.328 e. The predicted molar refractivity (Wildman–Crippen MR) is 108 cm³/mol. The summed E-state index contributed by atoms with van der Waals surface area (Å²) in [5.74, 6) is -0.314. The summed E-state index contributed by atoms with van der Waals surface area (Å²) in [5.41, 5.74) is -1.78. The highest BCUT2D eigenvalue weighted by Crippen LogP contribution is 2.46. The van der Waals surface area contributed by atoms with Crippen LogP contribution in [0.2, 0.25) is 0 Å². The Morgan fingerprint density at radius 3 is 2.46 bits per heavy atom. The van der Waals surface area contributed by atoms with Gasteiger partial charge in [-0.25, -0.2) is 4.79 Å². The molecule has 1 aliphatic rings. The van der Waals surface area contributed by atoms with E-state index in [0.717, 1.165) is 6.42 Å². The van der Waals surface area contributed by atoms with Crippen molar-refractivity contribution in [3.8, 4) is 0 Å². The molecule has 1 saturated carbocycles. The van der Waals surface area contributed by atoms with Crippen LogP contribution in [0.4, 0.5) is 0 Å². The summed E-state index contributed by atoms with van der Waals surface area (Å²) >= 11 is 0. The number of aromatic nitrogens is 2. The van der Waals surface area contributed by atoms with E-state index in [-0.39, 0.29) is 11.6 Å². The van der Waals surface area contributed by atoms with Crippen LogP contribution >= 0.6 is 8.03 Å². The lowest BCUT2D eigenvalue weighted by Crippen LogP contribution is -2.38. The van der Waals surface area contributed by atoms with Crippen molar-refractivity contribution in [1.82, 2.24) is 9.55 Å². The second-order valence-electron chi connectivity index (χ2n) is 7.89. The van der Waals surface area contributed by atoms with Crippen LogP contribution < -0.4 is 11.2 Å². The van der Waals surface area contributed by atoms with Crippen LogP contribution in [0, 0.1) is 5.92 Å². The molecule has 0 amide bonds. The Hall–Kier alpha value is -1.21. The summed E-state index contributed by atoms with van der Waals surface area (Å²) in [5, 5.41) is 21.1. The second kappa shape index (κ2) is 9.53. The monoisotopic (exact) mass is 416 g/mol. The zero-order valence-electron chi connectivity index (χ0n) is 17.1. The molecule has 3 N–H and O–H groups in total. The molecule has 0 aromatic carbocycles. The summed E-state index contributed by atoms with van der Waals surface area (Å²) in [6.45, 7) is 7.82. The molecule has 9 heteroatoms. The van der Waals surface area contributed by atoms with Crippen molar-refractivity contribution in [3.63, 3.8) is 0 Å². The van der Waals surface area contributed by atoms with Crippen molar-refractivity contribution in [3.05, 3.63) is 33.1 Å². The maximum absolute atomic E-state index is 12.6. The minimum atomic E-state index is -2.24. The molecular formula is C19H33N2O6P. The smallest absolute Gasteiger partial charge is 0.328 e. The molecule has 2 rings (SSSR count). The van der Waals surface area contributed by atoms with Crippen molar-refractivity contribution in [2.24, 2.45) is 5.92 Å². The van der Waals surface area contributed by atoms with Crippen LogP contribution in [-0.2, 0) is 9.09 Å². The Morgan fingerprint density at radius 2 is 1.93 bits per heavy atom. The van der Waals surface area contributed by atoms with E-state index in [0.29, 0.717) is 25.7 Å². The first-order valence-corrected chi connectivity index (χ1v) is 11.5. The fraction of sp³-hybridized carbons (Fsp3) is 0.789. The molecule has 8 nitrogen and oxygen atoms in total. The van der Waals surface area contributed by atoms with Gasteiger partial charge in [0.2, 0.25) is 0 Å². The van der Waals surface area contributed by atoms with Gasteiger partial charge in [0.1, 0.15) is 6.10 Å². The number of hydrogen-bond donors (Lipinski definition) is 3. The first-order chi connectivity index (χ1) is 13.2. The third-order valence-electron chi connectivity index (χ3n) is 6.23. The molecule has 1 aliphatic carbocycles. The van der Waals surface area contributed by atoms with E-state index in [1.54, 1.807) is 0 Å². The van der Waals surface area contributed by atoms with E-state index >= 15 is 0 Å². The molecule has 28 heavy (non-hydrogen) atoms. The Bertz CT molecular complexity index is 787. The quantitative estimate of drug-likeness (QED) is 0.530. The molecule has 1 fully saturated rings. The number of hydrogen-bond acceptors (Lipinski definition) is 6. The van der Waals surface area contributed by atoms with Crippen LogP contribution in [0.25, 0.3) is 0 Å². The van der Waals surface area contributed by atoms with Gasteiger partial charge in [0.15, 0.2) is 8.03 Å². The van der Waals surface area contributed by atoms with Crippen LogP contribution in [0.15, 0.2) is 21.9 Å². The third-order valence-corrected chi connectivity index (χ3v) is 8.08. The van der Waals surface area contributed by atoms with Gasteiger partial charge in [0.25, 0.3) is 5.56 Å². The molecule has 1 heterocycles. The molecular weight excluding hydrogens is 383 g/mol. The lowest BCUT2D eigenvalue weighted by molar-refractivity contribution is -0.0215. The van der Waals surface area contributed by atoms with E-state index in [1.165, 1.54) is 16.8 Å². The Kier molecular flexibility index (Phi) is 7.85. The number of H-pyrrole nitrogens is 1. The third kappa shape index (κ3) is 4.85. The van der Waals surface area contributed by atoms with Gasteiger partial charge in [0, 0.05) is 17.9 Å². The van der Waals surface area contributed by atoms with Crippen LogP contribution in [-0.4, -0.2) is 43.2 Å². The van der Waals surface area contributed by atoms with Gasteiger partial charge in [-0.3, -0.25) is 18.9 Å².